The van der Waals surface area contributed by atoms with Gasteiger partial charge in [-0.1, -0.05) is 41.7 Å². The summed E-state index contributed by atoms with van der Waals surface area (Å²) in [5.41, 5.74) is 2.71. The SMILES string of the molecule is Cc1ccccc1-c1nn2c(=O)cc(CN3CCN(C(=O)c4cccs4)CC3)nc2s1. The normalized spacial score (nSPS) is 14.9. The maximum Gasteiger partial charge on any atom is 0.275 e. The second kappa shape index (κ2) is 8.33. The Hall–Kier alpha value is -2.88. The molecule has 1 aliphatic heterocycles. The molecule has 0 N–H and O–H groups in total. The van der Waals surface area contributed by atoms with Crippen LogP contribution in [0.15, 0.2) is 52.6 Å². The second-order valence-electron chi connectivity index (χ2n) is 7.55. The van der Waals surface area contributed by atoms with Crippen LogP contribution in [0.3, 0.4) is 0 Å². The molecular weight excluding hydrogens is 430 g/mol. The number of nitrogens with zero attached hydrogens (tertiary/aromatic N) is 5. The van der Waals surface area contributed by atoms with Crippen LogP contribution in [-0.2, 0) is 6.54 Å². The van der Waals surface area contributed by atoms with Crippen molar-refractivity contribution in [2.24, 2.45) is 0 Å². The maximum atomic E-state index is 12.6. The number of rotatable bonds is 4. The maximum absolute atomic E-state index is 12.6. The van der Waals surface area contributed by atoms with Gasteiger partial charge in [-0.3, -0.25) is 14.5 Å². The first-order chi connectivity index (χ1) is 15.1. The van der Waals surface area contributed by atoms with Crippen LogP contribution in [0.2, 0.25) is 0 Å². The minimum atomic E-state index is -0.164. The Balaban J connectivity index is 1.31. The Morgan fingerprint density at radius 1 is 1.10 bits per heavy atom. The average molecular weight is 452 g/mol. The lowest BCUT2D eigenvalue weighted by molar-refractivity contribution is 0.0632. The van der Waals surface area contributed by atoms with E-state index in [4.69, 9.17) is 4.98 Å². The molecule has 7 nitrogen and oxygen atoms in total. The fourth-order valence-corrected chi connectivity index (χ4v) is 5.46. The molecule has 1 fully saturated rings. The van der Waals surface area contributed by atoms with Gasteiger partial charge in [-0.25, -0.2) is 4.98 Å². The van der Waals surface area contributed by atoms with E-state index in [0.29, 0.717) is 24.6 Å². The summed E-state index contributed by atoms with van der Waals surface area (Å²) in [6.07, 6.45) is 0. The van der Waals surface area contributed by atoms with Gasteiger partial charge in [0.2, 0.25) is 4.96 Å². The van der Waals surface area contributed by atoms with Crippen LogP contribution < -0.4 is 5.56 Å². The molecule has 4 aromatic rings. The van der Waals surface area contributed by atoms with Crippen molar-refractivity contribution in [3.05, 3.63) is 74.3 Å². The van der Waals surface area contributed by atoms with Crippen LogP contribution in [0.4, 0.5) is 0 Å². The van der Waals surface area contributed by atoms with E-state index in [1.807, 2.05) is 53.6 Å². The number of hydrogen-bond acceptors (Lipinski definition) is 7. The summed E-state index contributed by atoms with van der Waals surface area (Å²) >= 11 is 2.90. The highest BCUT2D eigenvalue weighted by Gasteiger charge is 2.23. The van der Waals surface area contributed by atoms with Crippen LogP contribution in [-0.4, -0.2) is 56.5 Å². The first kappa shape index (κ1) is 20.0. The number of hydrogen-bond donors (Lipinski definition) is 0. The van der Waals surface area contributed by atoms with E-state index in [9.17, 15) is 9.59 Å². The molecule has 0 aliphatic carbocycles. The fraction of sp³-hybridized carbons (Fsp3) is 0.273. The zero-order valence-electron chi connectivity index (χ0n) is 17.0. The number of thiophene rings is 1. The molecule has 158 valence electrons. The van der Waals surface area contributed by atoms with E-state index in [1.54, 1.807) is 6.07 Å². The van der Waals surface area contributed by atoms with Crippen LogP contribution >= 0.6 is 22.7 Å². The summed E-state index contributed by atoms with van der Waals surface area (Å²) in [6.45, 7) is 5.49. The molecule has 0 spiro atoms. The molecule has 1 aromatic carbocycles. The van der Waals surface area contributed by atoms with Crippen molar-refractivity contribution in [2.75, 3.05) is 26.2 Å². The highest BCUT2D eigenvalue weighted by atomic mass is 32.1. The van der Waals surface area contributed by atoms with E-state index < -0.39 is 0 Å². The molecule has 1 saturated heterocycles. The predicted octanol–water partition coefficient (Wildman–Crippen LogP) is 3.15. The van der Waals surface area contributed by atoms with Crippen molar-refractivity contribution in [3.8, 4) is 10.6 Å². The third-order valence-corrected chi connectivity index (χ3v) is 7.25. The van der Waals surface area contributed by atoms with E-state index in [0.717, 1.165) is 39.8 Å². The zero-order valence-corrected chi connectivity index (χ0v) is 18.7. The Kier molecular flexibility index (Phi) is 5.39. The van der Waals surface area contributed by atoms with E-state index in [1.165, 1.54) is 27.2 Å². The van der Waals surface area contributed by atoms with Gasteiger partial charge < -0.3 is 4.90 Å². The molecule has 0 radical (unpaired) electrons. The van der Waals surface area contributed by atoms with Crippen molar-refractivity contribution >= 4 is 33.5 Å². The molecule has 9 heteroatoms. The van der Waals surface area contributed by atoms with Crippen molar-refractivity contribution in [2.45, 2.75) is 13.5 Å². The summed E-state index contributed by atoms with van der Waals surface area (Å²) in [5, 5.41) is 7.20. The van der Waals surface area contributed by atoms with Gasteiger partial charge in [0.1, 0.15) is 5.01 Å². The van der Waals surface area contributed by atoms with Gasteiger partial charge in [-0.2, -0.15) is 9.61 Å². The highest BCUT2D eigenvalue weighted by molar-refractivity contribution is 7.19. The fourth-order valence-electron chi connectivity index (χ4n) is 3.75. The van der Waals surface area contributed by atoms with E-state index in [2.05, 4.69) is 10.00 Å². The first-order valence-corrected chi connectivity index (χ1v) is 11.8. The van der Waals surface area contributed by atoms with Gasteiger partial charge in [0.05, 0.1) is 10.6 Å². The standard InChI is InChI=1S/C22H21N5O2S2/c1-15-5-2-3-6-17(15)20-24-27-19(28)13-16(23-22(27)31-20)14-25-8-10-26(11-9-25)21(29)18-7-4-12-30-18/h2-7,12-13H,8-11,14H2,1H3. The van der Waals surface area contributed by atoms with Gasteiger partial charge >= 0.3 is 0 Å². The largest absolute Gasteiger partial charge is 0.335 e. The Morgan fingerprint density at radius 2 is 1.90 bits per heavy atom. The van der Waals surface area contributed by atoms with Crippen LogP contribution in [0, 0.1) is 6.92 Å². The third kappa shape index (κ3) is 4.04. The molecule has 0 atom stereocenters. The number of piperazine rings is 1. The predicted molar refractivity (Wildman–Crippen MR) is 123 cm³/mol. The number of benzene rings is 1. The van der Waals surface area contributed by atoms with Crippen molar-refractivity contribution in [1.82, 2.24) is 24.4 Å². The molecule has 1 amide bonds. The number of amides is 1. The Bertz CT molecular complexity index is 1290. The smallest absolute Gasteiger partial charge is 0.275 e. The molecule has 4 heterocycles. The molecule has 5 rings (SSSR count). The topological polar surface area (TPSA) is 70.8 Å². The van der Waals surface area contributed by atoms with Gasteiger partial charge in [0.25, 0.3) is 11.5 Å². The second-order valence-corrected chi connectivity index (χ2v) is 9.45. The summed E-state index contributed by atoms with van der Waals surface area (Å²) in [5.74, 6) is 0.0980. The van der Waals surface area contributed by atoms with Crippen LogP contribution in [0.5, 0.6) is 0 Å². The molecule has 0 unspecified atom stereocenters. The molecule has 3 aromatic heterocycles. The molecular formula is C22H21N5O2S2. The highest BCUT2D eigenvalue weighted by Crippen LogP contribution is 2.27. The lowest BCUT2D eigenvalue weighted by atomic mass is 10.1. The summed E-state index contributed by atoms with van der Waals surface area (Å²) in [7, 11) is 0. The van der Waals surface area contributed by atoms with Crippen molar-refractivity contribution in [1.29, 1.82) is 0 Å². The summed E-state index contributed by atoms with van der Waals surface area (Å²) < 4.78 is 1.38. The number of carbonyl (C=O) groups excluding carboxylic acids is 1. The van der Waals surface area contributed by atoms with Crippen molar-refractivity contribution < 1.29 is 4.79 Å². The molecule has 1 aliphatic rings. The van der Waals surface area contributed by atoms with E-state index >= 15 is 0 Å². The third-order valence-electron chi connectivity index (χ3n) is 5.45. The molecule has 0 bridgehead atoms. The Morgan fingerprint density at radius 3 is 2.65 bits per heavy atom. The minimum absolute atomic E-state index is 0.0980. The number of fused-ring (bicyclic) bond motifs is 1. The van der Waals surface area contributed by atoms with Crippen LogP contribution in [0.1, 0.15) is 20.9 Å². The lowest BCUT2D eigenvalue weighted by Gasteiger charge is -2.34. The summed E-state index contributed by atoms with van der Waals surface area (Å²) in [4.78, 5) is 35.4. The molecule has 31 heavy (non-hydrogen) atoms. The van der Waals surface area contributed by atoms with Crippen LogP contribution in [0.25, 0.3) is 15.5 Å². The Labute approximate surface area is 187 Å². The quantitative estimate of drug-likeness (QED) is 0.477. The summed E-state index contributed by atoms with van der Waals surface area (Å²) in [6, 6.07) is 13.3. The zero-order chi connectivity index (χ0) is 21.4. The van der Waals surface area contributed by atoms with Gasteiger partial charge in [0.15, 0.2) is 0 Å². The number of aromatic nitrogens is 3. The van der Waals surface area contributed by atoms with Crippen molar-refractivity contribution in [3.63, 3.8) is 0 Å². The first-order valence-electron chi connectivity index (χ1n) is 10.1. The lowest BCUT2D eigenvalue weighted by Crippen LogP contribution is -2.48. The monoisotopic (exact) mass is 451 g/mol. The molecule has 0 saturated carbocycles. The van der Waals surface area contributed by atoms with Gasteiger partial charge in [-0.15, -0.1) is 11.3 Å². The van der Waals surface area contributed by atoms with E-state index in [-0.39, 0.29) is 11.5 Å². The van der Waals surface area contributed by atoms with Gasteiger partial charge in [0, 0.05) is 44.4 Å². The average Bonchev–Trinajstić information content (AvgIpc) is 3.45. The number of carbonyl (C=O) groups is 1. The number of aryl methyl sites for hydroxylation is 1. The minimum Gasteiger partial charge on any atom is -0.335 e. The van der Waals surface area contributed by atoms with Gasteiger partial charge in [-0.05, 0) is 23.9 Å².